The van der Waals surface area contributed by atoms with Crippen LogP contribution < -0.4 is 10.2 Å². The van der Waals surface area contributed by atoms with Crippen LogP contribution in [0.2, 0.25) is 0 Å². The number of hydrogen-bond acceptors (Lipinski definition) is 3. The predicted molar refractivity (Wildman–Crippen MR) is 70.3 cm³/mol. The first-order valence-corrected chi connectivity index (χ1v) is 6.13. The molecule has 1 saturated heterocycles. The Morgan fingerprint density at radius 1 is 1.56 bits per heavy atom. The monoisotopic (exact) mass is 243 g/mol. The average Bonchev–Trinajstić information content (AvgIpc) is 2.76. The van der Waals surface area contributed by atoms with Gasteiger partial charge in [-0.1, -0.05) is 0 Å². The van der Waals surface area contributed by atoms with Gasteiger partial charge in [0.25, 0.3) is 0 Å². The number of amides is 1. The zero-order valence-electron chi connectivity index (χ0n) is 10.7. The maximum Gasteiger partial charge on any atom is 0.217 e. The minimum absolute atomic E-state index is 0.0258. The lowest BCUT2D eigenvalue weighted by Gasteiger charge is -2.19. The Kier molecular flexibility index (Phi) is 3.52. The van der Waals surface area contributed by atoms with Crippen molar-refractivity contribution in [2.75, 3.05) is 18.0 Å². The van der Waals surface area contributed by atoms with E-state index in [1.807, 2.05) is 25.1 Å². The molecule has 0 spiro atoms. The van der Waals surface area contributed by atoms with E-state index < -0.39 is 0 Å². The van der Waals surface area contributed by atoms with Crippen LogP contribution in [0.15, 0.2) is 18.2 Å². The van der Waals surface area contributed by atoms with Gasteiger partial charge in [0.05, 0.1) is 11.6 Å². The van der Waals surface area contributed by atoms with Crippen molar-refractivity contribution in [1.82, 2.24) is 5.32 Å². The molecule has 4 nitrogen and oxygen atoms in total. The number of hydrogen-bond donors (Lipinski definition) is 1. The van der Waals surface area contributed by atoms with E-state index in [9.17, 15) is 4.79 Å². The van der Waals surface area contributed by atoms with Gasteiger partial charge in [0.15, 0.2) is 0 Å². The third kappa shape index (κ3) is 2.62. The molecule has 1 aromatic carbocycles. The first kappa shape index (κ1) is 12.4. The molecule has 0 aliphatic carbocycles. The van der Waals surface area contributed by atoms with Crippen LogP contribution in [-0.4, -0.2) is 25.0 Å². The largest absolute Gasteiger partial charge is 0.369 e. The Bertz CT molecular complexity index is 504. The van der Waals surface area contributed by atoms with Gasteiger partial charge in [0.1, 0.15) is 0 Å². The Hall–Kier alpha value is -2.02. The van der Waals surface area contributed by atoms with Gasteiger partial charge < -0.3 is 10.2 Å². The van der Waals surface area contributed by atoms with E-state index >= 15 is 0 Å². The van der Waals surface area contributed by atoms with E-state index in [0.29, 0.717) is 0 Å². The summed E-state index contributed by atoms with van der Waals surface area (Å²) in [7, 11) is 0. The number of anilines is 1. The highest BCUT2D eigenvalue weighted by Gasteiger charge is 2.23. The molecule has 1 unspecified atom stereocenters. The van der Waals surface area contributed by atoms with Gasteiger partial charge in [0, 0.05) is 31.7 Å². The second-order valence-corrected chi connectivity index (χ2v) is 4.74. The molecule has 2 rings (SSSR count). The van der Waals surface area contributed by atoms with Crippen LogP contribution in [0, 0.1) is 18.3 Å². The highest BCUT2D eigenvalue weighted by molar-refractivity contribution is 5.73. The number of carbonyl (C=O) groups excluding carboxylic acids is 1. The number of nitriles is 1. The fraction of sp³-hybridized carbons (Fsp3) is 0.429. The molecule has 1 atom stereocenters. The van der Waals surface area contributed by atoms with Crippen LogP contribution in [0.3, 0.4) is 0 Å². The molecule has 1 amide bonds. The molecule has 1 heterocycles. The minimum Gasteiger partial charge on any atom is -0.369 e. The van der Waals surface area contributed by atoms with Crippen LogP contribution in [0.1, 0.15) is 24.5 Å². The topological polar surface area (TPSA) is 56.1 Å². The molecule has 1 aliphatic heterocycles. The second-order valence-electron chi connectivity index (χ2n) is 4.74. The van der Waals surface area contributed by atoms with Crippen LogP contribution in [0.4, 0.5) is 5.69 Å². The molecule has 18 heavy (non-hydrogen) atoms. The van der Waals surface area contributed by atoms with Gasteiger partial charge in [0.2, 0.25) is 5.91 Å². The summed E-state index contributed by atoms with van der Waals surface area (Å²) in [5, 5.41) is 11.9. The van der Waals surface area contributed by atoms with E-state index in [2.05, 4.69) is 16.3 Å². The summed E-state index contributed by atoms with van der Waals surface area (Å²) in [6.45, 7) is 5.28. The summed E-state index contributed by atoms with van der Waals surface area (Å²) in [6, 6.07) is 8.27. The van der Waals surface area contributed by atoms with E-state index in [-0.39, 0.29) is 11.9 Å². The predicted octanol–water partition coefficient (Wildman–Crippen LogP) is 1.58. The molecule has 1 N–H and O–H groups in total. The van der Waals surface area contributed by atoms with Crippen LogP contribution in [0.25, 0.3) is 0 Å². The SMILES string of the molecule is CC(=O)NC1CCN(c2ccc(C#N)c(C)c2)C1. The van der Waals surface area contributed by atoms with Crippen molar-refractivity contribution in [2.45, 2.75) is 26.3 Å². The van der Waals surface area contributed by atoms with Crippen LogP contribution >= 0.6 is 0 Å². The maximum absolute atomic E-state index is 11.0. The molecular formula is C14H17N3O. The summed E-state index contributed by atoms with van der Waals surface area (Å²) in [4.78, 5) is 13.3. The molecule has 0 aromatic heterocycles. The van der Waals surface area contributed by atoms with Gasteiger partial charge in [-0.05, 0) is 37.1 Å². The molecule has 0 bridgehead atoms. The number of aryl methyl sites for hydroxylation is 1. The van der Waals surface area contributed by atoms with E-state index in [4.69, 9.17) is 5.26 Å². The van der Waals surface area contributed by atoms with Crippen molar-refractivity contribution in [1.29, 1.82) is 5.26 Å². The van der Waals surface area contributed by atoms with Gasteiger partial charge in [-0.15, -0.1) is 0 Å². The number of carbonyl (C=O) groups is 1. The molecule has 4 heteroatoms. The maximum atomic E-state index is 11.0. The normalized spacial score (nSPS) is 18.5. The number of rotatable bonds is 2. The third-order valence-electron chi connectivity index (χ3n) is 3.29. The number of nitrogens with one attached hydrogen (secondary N) is 1. The molecule has 94 valence electrons. The van der Waals surface area contributed by atoms with Gasteiger partial charge >= 0.3 is 0 Å². The lowest BCUT2D eigenvalue weighted by Crippen LogP contribution is -2.35. The van der Waals surface area contributed by atoms with E-state index in [1.54, 1.807) is 6.92 Å². The van der Waals surface area contributed by atoms with Crippen LogP contribution in [-0.2, 0) is 4.79 Å². The zero-order chi connectivity index (χ0) is 13.1. The van der Waals surface area contributed by atoms with Gasteiger partial charge in [-0.25, -0.2) is 0 Å². The van der Waals surface area contributed by atoms with Crippen molar-refractivity contribution >= 4 is 11.6 Å². The second kappa shape index (κ2) is 5.09. The van der Waals surface area contributed by atoms with E-state index in [1.165, 1.54) is 0 Å². The van der Waals surface area contributed by atoms with Gasteiger partial charge in [-0.2, -0.15) is 5.26 Å². The highest BCUT2D eigenvalue weighted by Crippen LogP contribution is 2.23. The first-order chi connectivity index (χ1) is 8.60. The van der Waals surface area contributed by atoms with Gasteiger partial charge in [-0.3, -0.25) is 4.79 Å². The summed E-state index contributed by atoms with van der Waals surface area (Å²) >= 11 is 0. The minimum atomic E-state index is 0.0258. The summed E-state index contributed by atoms with van der Waals surface area (Å²) < 4.78 is 0. The third-order valence-corrected chi connectivity index (χ3v) is 3.29. The highest BCUT2D eigenvalue weighted by atomic mass is 16.1. The fourth-order valence-corrected chi connectivity index (χ4v) is 2.37. The number of benzene rings is 1. The molecular weight excluding hydrogens is 226 g/mol. The van der Waals surface area contributed by atoms with Crippen molar-refractivity contribution in [3.8, 4) is 6.07 Å². The fourth-order valence-electron chi connectivity index (χ4n) is 2.37. The number of nitrogens with zero attached hydrogens (tertiary/aromatic N) is 2. The van der Waals surface area contributed by atoms with Crippen molar-refractivity contribution in [3.05, 3.63) is 29.3 Å². The molecule has 1 aliphatic rings. The Balaban J connectivity index is 2.08. The average molecular weight is 243 g/mol. The quantitative estimate of drug-likeness (QED) is 0.858. The van der Waals surface area contributed by atoms with E-state index in [0.717, 1.165) is 36.3 Å². The first-order valence-electron chi connectivity index (χ1n) is 6.13. The van der Waals surface area contributed by atoms with Crippen LogP contribution in [0.5, 0.6) is 0 Å². The zero-order valence-corrected chi connectivity index (χ0v) is 10.7. The molecule has 0 radical (unpaired) electrons. The smallest absolute Gasteiger partial charge is 0.217 e. The Labute approximate surface area is 107 Å². The Morgan fingerprint density at radius 3 is 2.94 bits per heavy atom. The summed E-state index contributed by atoms with van der Waals surface area (Å²) in [5.41, 5.74) is 2.84. The summed E-state index contributed by atoms with van der Waals surface area (Å²) in [6.07, 6.45) is 0.971. The van der Waals surface area contributed by atoms with Crippen molar-refractivity contribution < 1.29 is 4.79 Å². The Morgan fingerprint density at radius 2 is 2.33 bits per heavy atom. The van der Waals surface area contributed by atoms with Crippen molar-refractivity contribution in [2.24, 2.45) is 0 Å². The van der Waals surface area contributed by atoms with Crippen molar-refractivity contribution in [3.63, 3.8) is 0 Å². The lowest BCUT2D eigenvalue weighted by molar-refractivity contribution is -0.119. The molecule has 1 fully saturated rings. The summed E-state index contributed by atoms with van der Waals surface area (Å²) in [5.74, 6) is 0.0258. The molecule has 0 saturated carbocycles. The molecule has 1 aromatic rings. The lowest BCUT2D eigenvalue weighted by atomic mass is 10.1. The standard InChI is InChI=1S/C14H17N3O/c1-10-7-14(4-3-12(10)8-15)17-6-5-13(9-17)16-11(2)18/h3-4,7,13H,5-6,9H2,1-2H3,(H,16,18).